The van der Waals surface area contributed by atoms with E-state index in [-0.39, 0.29) is 0 Å². The van der Waals surface area contributed by atoms with Gasteiger partial charge in [0, 0.05) is 0 Å². The Morgan fingerprint density at radius 1 is 1.46 bits per heavy atom. The zero-order chi connectivity index (χ0) is 9.26. The molecule has 0 aliphatic heterocycles. The summed E-state index contributed by atoms with van der Waals surface area (Å²) in [5.41, 5.74) is 1.52. The van der Waals surface area contributed by atoms with E-state index in [9.17, 15) is 4.39 Å². The van der Waals surface area contributed by atoms with Gasteiger partial charge >= 0.3 is 0 Å². The lowest BCUT2D eigenvalue weighted by Gasteiger charge is -1.97. The van der Waals surface area contributed by atoms with Crippen LogP contribution in [0.4, 0.5) is 4.39 Å². The summed E-state index contributed by atoms with van der Waals surface area (Å²) in [5, 5.41) is 4.20. The summed E-state index contributed by atoms with van der Waals surface area (Å²) in [4.78, 5) is 3.65. The predicted molar refractivity (Wildman–Crippen MR) is 46.9 cm³/mol. The molecule has 0 aliphatic carbocycles. The summed E-state index contributed by atoms with van der Waals surface area (Å²) >= 11 is 0. The molecule has 0 aliphatic rings. The van der Waals surface area contributed by atoms with Crippen LogP contribution >= 0.6 is 0 Å². The predicted octanol–water partition coefficient (Wildman–Crippen LogP) is 1.82. The molecule has 4 heteroatoms. The summed E-state index contributed by atoms with van der Waals surface area (Å²) in [7, 11) is 0. The summed E-state index contributed by atoms with van der Waals surface area (Å²) in [6.45, 7) is 2.08. The van der Waals surface area contributed by atoms with Crippen LogP contribution in [0.1, 0.15) is 19.0 Å². The van der Waals surface area contributed by atoms with E-state index < -0.39 is 5.95 Å². The molecule has 0 bridgehead atoms. The second kappa shape index (κ2) is 3.12. The Balaban J connectivity index is 2.48. The summed E-state index contributed by atoms with van der Waals surface area (Å²) in [6, 6.07) is 3.66. The molecule has 0 spiro atoms. The van der Waals surface area contributed by atoms with Crippen molar-refractivity contribution in [2.24, 2.45) is 0 Å². The lowest BCUT2D eigenvalue weighted by Crippen LogP contribution is -1.96. The van der Waals surface area contributed by atoms with Gasteiger partial charge in [0.15, 0.2) is 5.65 Å². The minimum absolute atomic E-state index is 0.485. The van der Waals surface area contributed by atoms with E-state index in [2.05, 4.69) is 17.0 Å². The molecule has 0 aromatic carbocycles. The van der Waals surface area contributed by atoms with Crippen LogP contribution in [0.15, 0.2) is 18.3 Å². The fourth-order valence-electron chi connectivity index (χ4n) is 1.28. The van der Waals surface area contributed by atoms with Crippen LogP contribution in [-0.2, 0) is 6.42 Å². The molecule has 2 aromatic rings. The Morgan fingerprint density at radius 3 is 3.08 bits per heavy atom. The topological polar surface area (TPSA) is 30.2 Å². The Bertz CT molecular complexity index is 422. The molecule has 0 atom stereocenters. The third-order valence-electron chi connectivity index (χ3n) is 1.85. The molecule has 0 radical (unpaired) electrons. The summed E-state index contributed by atoms with van der Waals surface area (Å²) in [6.07, 6.45) is 3.24. The maximum atomic E-state index is 12.7. The van der Waals surface area contributed by atoms with Crippen molar-refractivity contribution in [3.63, 3.8) is 0 Å². The number of nitrogens with zero attached hydrogens (tertiary/aromatic N) is 3. The number of fused-ring (bicyclic) bond motifs is 1. The second-order valence-corrected chi connectivity index (χ2v) is 2.94. The van der Waals surface area contributed by atoms with Crippen molar-refractivity contribution in [2.75, 3.05) is 0 Å². The first-order chi connectivity index (χ1) is 6.29. The van der Waals surface area contributed by atoms with Gasteiger partial charge in [0.05, 0.1) is 11.9 Å². The largest absolute Gasteiger partial charge is 0.233 e. The van der Waals surface area contributed by atoms with Gasteiger partial charge in [-0.05, 0) is 18.6 Å². The number of aromatic nitrogens is 3. The first-order valence-electron chi connectivity index (χ1n) is 4.30. The Hall–Kier alpha value is -1.45. The molecule has 0 amide bonds. The van der Waals surface area contributed by atoms with Crippen molar-refractivity contribution in [3.8, 4) is 0 Å². The van der Waals surface area contributed by atoms with E-state index >= 15 is 0 Å². The fourth-order valence-corrected chi connectivity index (χ4v) is 1.28. The van der Waals surface area contributed by atoms with Gasteiger partial charge < -0.3 is 0 Å². The van der Waals surface area contributed by atoms with Crippen LogP contribution in [-0.4, -0.2) is 14.6 Å². The molecule has 0 saturated heterocycles. The summed E-state index contributed by atoms with van der Waals surface area (Å²) in [5.74, 6) is -0.485. The van der Waals surface area contributed by atoms with Crippen molar-refractivity contribution < 1.29 is 4.39 Å². The lowest BCUT2D eigenvalue weighted by molar-refractivity contribution is 0.590. The minimum atomic E-state index is -0.485. The number of hydrogen-bond acceptors (Lipinski definition) is 2. The van der Waals surface area contributed by atoms with Gasteiger partial charge in [0.1, 0.15) is 0 Å². The first kappa shape index (κ1) is 8.16. The molecule has 0 saturated carbocycles. The highest BCUT2D eigenvalue weighted by Gasteiger charge is 2.01. The standard InChI is InChI=1S/C9H10FN3/c1-2-3-7-4-5-9-11-8(10)6-13(9)12-7/h4-6H,2-3H2,1H3. The highest BCUT2D eigenvalue weighted by atomic mass is 19.1. The molecule has 0 unspecified atom stereocenters. The van der Waals surface area contributed by atoms with Gasteiger partial charge in [0.25, 0.3) is 0 Å². The van der Waals surface area contributed by atoms with Gasteiger partial charge in [-0.1, -0.05) is 13.3 Å². The van der Waals surface area contributed by atoms with Gasteiger partial charge in [-0.3, -0.25) is 0 Å². The van der Waals surface area contributed by atoms with Crippen molar-refractivity contribution in [3.05, 3.63) is 30.0 Å². The van der Waals surface area contributed by atoms with Crippen LogP contribution in [0.2, 0.25) is 0 Å². The van der Waals surface area contributed by atoms with Crippen molar-refractivity contribution in [2.45, 2.75) is 19.8 Å². The average Bonchev–Trinajstić information content (AvgIpc) is 2.44. The quantitative estimate of drug-likeness (QED) is 0.703. The van der Waals surface area contributed by atoms with E-state index in [1.165, 1.54) is 10.7 Å². The normalized spacial score (nSPS) is 10.9. The Morgan fingerprint density at radius 2 is 2.31 bits per heavy atom. The molecule has 2 aromatic heterocycles. The molecule has 68 valence electrons. The average molecular weight is 179 g/mol. The molecule has 3 nitrogen and oxygen atoms in total. The minimum Gasteiger partial charge on any atom is -0.218 e. The van der Waals surface area contributed by atoms with E-state index in [0.29, 0.717) is 5.65 Å². The fraction of sp³-hybridized carbons (Fsp3) is 0.333. The van der Waals surface area contributed by atoms with Crippen molar-refractivity contribution in [1.82, 2.24) is 14.6 Å². The number of halogens is 1. The second-order valence-electron chi connectivity index (χ2n) is 2.94. The van der Waals surface area contributed by atoms with Crippen LogP contribution in [0.25, 0.3) is 5.65 Å². The van der Waals surface area contributed by atoms with Gasteiger partial charge in [-0.25, -0.2) is 4.52 Å². The third-order valence-corrected chi connectivity index (χ3v) is 1.85. The van der Waals surface area contributed by atoms with Crippen LogP contribution in [0, 0.1) is 5.95 Å². The number of hydrogen-bond donors (Lipinski definition) is 0. The summed E-state index contributed by atoms with van der Waals surface area (Å²) < 4.78 is 14.1. The number of aryl methyl sites for hydroxylation is 1. The van der Waals surface area contributed by atoms with Crippen LogP contribution < -0.4 is 0 Å². The van der Waals surface area contributed by atoms with E-state index in [0.717, 1.165) is 18.5 Å². The number of rotatable bonds is 2. The van der Waals surface area contributed by atoms with Crippen LogP contribution in [0.3, 0.4) is 0 Å². The lowest BCUT2D eigenvalue weighted by atomic mass is 10.2. The van der Waals surface area contributed by atoms with Crippen molar-refractivity contribution in [1.29, 1.82) is 0 Å². The highest BCUT2D eigenvalue weighted by molar-refractivity contribution is 5.36. The maximum absolute atomic E-state index is 12.7. The molecular weight excluding hydrogens is 169 g/mol. The zero-order valence-electron chi connectivity index (χ0n) is 7.37. The molecule has 0 N–H and O–H groups in total. The van der Waals surface area contributed by atoms with E-state index in [1.54, 1.807) is 6.07 Å². The number of imidazole rings is 1. The molecule has 2 heterocycles. The van der Waals surface area contributed by atoms with Gasteiger partial charge in [-0.2, -0.15) is 14.5 Å². The molecule has 13 heavy (non-hydrogen) atoms. The molecule has 2 rings (SSSR count). The van der Waals surface area contributed by atoms with Gasteiger partial charge in [0.2, 0.25) is 5.95 Å². The third kappa shape index (κ3) is 1.52. The maximum Gasteiger partial charge on any atom is 0.233 e. The van der Waals surface area contributed by atoms with Gasteiger partial charge in [-0.15, -0.1) is 0 Å². The van der Waals surface area contributed by atoms with Crippen molar-refractivity contribution >= 4 is 5.65 Å². The van der Waals surface area contributed by atoms with E-state index in [4.69, 9.17) is 0 Å². The SMILES string of the molecule is CCCc1ccc2nc(F)cn2n1. The first-order valence-corrected chi connectivity index (χ1v) is 4.30. The highest BCUT2D eigenvalue weighted by Crippen LogP contribution is 2.04. The molecular formula is C9H10FN3. The van der Waals surface area contributed by atoms with Crippen LogP contribution in [0.5, 0.6) is 0 Å². The smallest absolute Gasteiger partial charge is 0.218 e. The monoisotopic (exact) mass is 179 g/mol. The molecule has 0 fully saturated rings. The zero-order valence-corrected chi connectivity index (χ0v) is 7.37. The Kier molecular flexibility index (Phi) is 1.96. The Labute approximate surface area is 75.2 Å². The van der Waals surface area contributed by atoms with E-state index in [1.807, 2.05) is 6.07 Å².